The second-order valence-electron chi connectivity index (χ2n) is 3.61. The highest BCUT2D eigenvalue weighted by Crippen LogP contribution is 2.21. The fourth-order valence-corrected chi connectivity index (χ4v) is 1.84. The molecule has 1 aliphatic rings. The normalized spacial score (nSPS) is 22.3. The molecule has 0 heteroatoms. The minimum atomic E-state index is 1.02. The number of hydrogen-bond acceptors (Lipinski definition) is 0. The maximum Gasteiger partial charge on any atom is -0.0351 e. The molecule has 1 rings (SSSR count). The zero-order chi connectivity index (χ0) is 7.94. The molecule has 0 spiro atoms. The first-order valence-corrected chi connectivity index (χ1v) is 5.08. The molecule has 0 saturated carbocycles. The van der Waals surface area contributed by atoms with E-state index in [-0.39, 0.29) is 0 Å². The number of allylic oxidation sites excluding steroid dienone is 2. The molecule has 0 aliphatic heterocycles. The van der Waals surface area contributed by atoms with Gasteiger partial charge >= 0.3 is 0 Å². The van der Waals surface area contributed by atoms with Gasteiger partial charge in [-0.2, -0.15) is 0 Å². The third-order valence-electron chi connectivity index (χ3n) is 2.71. The van der Waals surface area contributed by atoms with Gasteiger partial charge in [0.25, 0.3) is 0 Å². The van der Waals surface area contributed by atoms with Crippen molar-refractivity contribution in [2.24, 2.45) is 5.92 Å². The summed E-state index contributed by atoms with van der Waals surface area (Å²) in [5.41, 5.74) is 0. The molecule has 0 radical (unpaired) electrons. The van der Waals surface area contributed by atoms with E-state index in [4.69, 9.17) is 0 Å². The van der Waals surface area contributed by atoms with Gasteiger partial charge in [0.15, 0.2) is 0 Å². The highest BCUT2D eigenvalue weighted by molar-refractivity contribution is 4.83. The highest BCUT2D eigenvalue weighted by atomic mass is 14.1. The van der Waals surface area contributed by atoms with Crippen molar-refractivity contribution in [1.29, 1.82) is 0 Å². The van der Waals surface area contributed by atoms with Crippen LogP contribution in [-0.2, 0) is 0 Å². The van der Waals surface area contributed by atoms with Crippen molar-refractivity contribution >= 4 is 0 Å². The van der Waals surface area contributed by atoms with Gasteiger partial charge in [0.05, 0.1) is 0 Å². The van der Waals surface area contributed by atoms with Gasteiger partial charge in [-0.3, -0.25) is 0 Å². The largest absolute Gasteiger partial charge is 0.0885 e. The number of hydrogen-bond donors (Lipinski definition) is 0. The first-order chi connectivity index (χ1) is 5.43. The van der Waals surface area contributed by atoms with Gasteiger partial charge in [-0.05, 0) is 31.6 Å². The van der Waals surface area contributed by atoms with E-state index >= 15 is 0 Å². The van der Waals surface area contributed by atoms with Crippen LogP contribution < -0.4 is 0 Å². The molecule has 0 aromatic heterocycles. The van der Waals surface area contributed by atoms with Crippen molar-refractivity contribution in [3.05, 3.63) is 12.2 Å². The van der Waals surface area contributed by atoms with E-state index in [1.807, 2.05) is 0 Å². The van der Waals surface area contributed by atoms with Crippen molar-refractivity contribution in [2.45, 2.75) is 51.9 Å². The molecule has 0 amide bonds. The van der Waals surface area contributed by atoms with Gasteiger partial charge < -0.3 is 0 Å². The summed E-state index contributed by atoms with van der Waals surface area (Å²) in [6.07, 6.45) is 14.5. The average Bonchev–Trinajstić information content (AvgIpc) is 2.16. The Morgan fingerprint density at radius 2 is 1.64 bits per heavy atom. The average molecular weight is 152 g/mol. The Hall–Kier alpha value is -0.260. The first-order valence-electron chi connectivity index (χ1n) is 5.08. The summed E-state index contributed by atoms with van der Waals surface area (Å²) in [5, 5.41) is 0. The lowest BCUT2D eigenvalue weighted by molar-refractivity contribution is 0.418. The molecule has 0 aromatic carbocycles. The zero-order valence-corrected chi connectivity index (χ0v) is 7.68. The van der Waals surface area contributed by atoms with Gasteiger partial charge in [-0.25, -0.2) is 0 Å². The predicted molar refractivity (Wildman–Crippen MR) is 50.6 cm³/mol. The van der Waals surface area contributed by atoms with Crippen molar-refractivity contribution in [2.75, 3.05) is 0 Å². The van der Waals surface area contributed by atoms with Crippen LogP contribution in [0.5, 0.6) is 0 Å². The SMILES string of the molecule is CCC1CCCC=CCCC1. The van der Waals surface area contributed by atoms with E-state index < -0.39 is 0 Å². The lowest BCUT2D eigenvalue weighted by Crippen LogP contribution is -1.97. The monoisotopic (exact) mass is 152 g/mol. The number of rotatable bonds is 1. The van der Waals surface area contributed by atoms with Crippen molar-refractivity contribution in [1.82, 2.24) is 0 Å². The van der Waals surface area contributed by atoms with Crippen LogP contribution in [0.25, 0.3) is 0 Å². The molecular weight excluding hydrogens is 132 g/mol. The van der Waals surface area contributed by atoms with Gasteiger partial charge in [-0.15, -0.1) is 0 Å². The quantitative estimate of drug-likeness (QED) is 0.499. The van der Waals surface area contributed by atoms with E-state index in [9.17, 15) is 0 Å². The van der Waals surface area contributed by atoms with E-state index in [0.29, 0.717) is 0 Å². The standard InChI is InChI=1S/C11H20/c1-2-11-9-7-5-3-4-6-8-10-11/h3-4,11H,2,5-10H2,1H3. The summed E-state index contributed by atoms with van der Waals surface area (Å²) < 4.78 is 0. The Labute approximate surface area is 70.7 Å². The maximum atomic E-state index is 2.36. The fraction of sp³-hybridized carbons (Fsp3) is 0.818. The molecule has 0 fully saturated rings. The molecule has 64 valence electrons. The van der Waals surface area contributed by atoms with Gasteiger partial charge in [0.1, 0.15) is 0 Å². The highest BCUT2D eigenvalue weighted by Gasteiger charge is 2.05. The van der Waals surface area contributed by atoms with Crippen LogP contribution in [0, 0.1) is 5.92 Å². The lowest BCUT2D eigenvalue weighted by atomic mass is 9.94. The molecule has 0 heterocycles. The van der Waals surface area contributed by atoms with Crippen LogP contribution in [0.15, 0.2) is 12.2 Å². The predicted octanol–water partition coefficient (Wildman–Crippen LogP) is 3.92. The van der Waals surface area contributed by atoms with Crippen LogP contribution in [-0.4, -0.2) is 0 Å². The topological polar surface area (TPSA) is 0 Å². The molecule has 0 N–H and O–H groups in total. The van der Waals surface area contributed by atoms with Gasteiger partial charge in [0, 0.05) is 0 Å². The fourth-order valence-electron chi connectivity index (χ4n) is 1.84. The summed E-state index contributed by atoms with van der Waals surface area (Å²) in [4.78, 5) is 0. The Balaban J connectivity index is 2.26. The summed E-state index contributed by atoms with van der Waals surface area (Å²) in [7, 11) is 0. The van der Waals surface area contributed by atoms with E-state index in [2.05, 4.69) is 19.1 Å². The maximum absolute atomic E-state index is 2.36. The Kier molecular flexibility index (Phi) is 4.33. The second kappa shape index (κ2) is 5.40. The molecule has 0 bridgehead atoms. The van der Waals surface area contributed by atoms with Crippen molar-refractivity contribution < 1.29 is 0 Å². The van der Waals surface area contributed by atoms with Crippen LogP contribution in [0.3, 0.4) is 0 Å². The zero-order valence-electron chi connectivity index (χ0n) is 7.68. The minimum absolute atomic E-state index is 1.02. The Morgan fingerprint density at radius 3 is 2.09 bits per heavy atom. The molecule has 0 aromatic rings. The van der Waals surface area contributed by atoms with Crippen LogP contribution in [0.2, 0.25) is 0 Å². The molecule has 0 atom stereocenters. The van der Waals surface area contributed by atoms with Crippen LogP contribution in [0.1, 0.15) is 51.9 Å². The summed E-state index contributed by atoms with van der Waals surface area (Å²) in [5.74, 6) is 1.02. The Bertz CT molecular complexity index is 101. The molecule has 11 heavy (non-hydrogen) atoms. The minimum Gasteiger partial charge on any atom is -0.0885 e. The molecule has 0 unspecified atom stereocenters. The van der Waals surface area contributed by atoms with Crippen molar-refractivity contribution in [3.8, 4) is 0 Å². The summed E-state index contributed by atoms with van der Waals surface area (Å²) >= 11 is 0. The lowest BCUT2D eigenvalue weighted by Gasteiger charge is -2.11. The molecular formula is C11H20. The van der Waals surface area contributed by atoms with Gasteiger partial charge in [-0.1, -0.05) is 38.3 Å². The Morgan fingerprint density at radius 1 is 1.09 bits per heavy atom. The molecule has 0 nitrogen and oxygen atoms in total. The van der Waals surface area contributed by atoms with Crippen LogP contribution in [0.4, 0.5) is 0 Å². The third-order valence-corrected chi connectivity index (χ3v) is 2.71. The van der Waals surface area contributed by atoms with Gasteiger partial charge in [0.2, 0.25) is 0 Å². The smallest absolute Gasteiger partial charge is 0.0351 e. The van der Waals surface area contributed by atoms with E-state index in [0.717, 1.165) is 5.92 Å². The molecule has 0 saturated heterocycles. The summed E-state index contributed by atoms with van der Waals surface area (Å²) in [6.45, 7) is 2.33. The second-order valence-corrected chi connectivity index (χ2v) is 3.61. The van der Waals surface area contributed by atoms with E-state index in [1.54, 1.807) is 0 Å². The third kappa shape index (κ3) is 3.60. The van der Waals surface area contributed by atoms with Crippen LogP contribution >= 0.6 is 0 Å². The summed E-state index contributed by atoms with van der Waals surface area (Å²) in [6, 6.07) is 0. The van der Waals surface area contributed by atoms with E-state index in [1.165, 1.54) is 44.9 Å². The molecule has 1 aliphatic carbocycles. The first kappa shape index (κ1) is 8.83. The van der Waals surface area contributed by atoms with Crippen molar-refractivity contribution in [3.63, 3.8) is 0 Å².